The lowest BCUT2D eigenvalue weighted by molar-refractivity contribution is -0.131. The Balaban J connectivity index is 1.69. The third kappa shape index (κ3) is 4.60. The van der Waals surface area contributed by atoms with Crippen molar-refractivity contribution in [2.75, 3.05) is 19.8 Å². The Morgan fingerprint density at radius 3 is 2.44 bits per heavy atom. The third-order valence-corrected chi connectivity index (χ3v) is 5.01. The average molecular weight is 370 g/mol. The molecular weight excluding hydrogens is 340 g/mol. The van der Waals surface area contributed by atoms with E-state index in [0.717, 1.165) is 12.1 Å². The van der Waals surface area contributed by atoms with Gasteiger partial charge in [0.25, 0.3) is 5.91 Å². The number of aryl methyl sites for hydroxylation is 2. The molecule has 1 heterocycles. The molecule has 2 aromatic rings. The summed E-state index contributed by atoms with van der Waals surface area (Å²) in [5, 5.41) is 2.89. The van der Waals surface area contributed by atoms with Gasteiger partial charge in [0.05, 0.1) is 6.54 Å². The van der Waals surface area contributed by atoms with E-state index in [2.05, 4.69) is 22.9 Å². The molecule has 0 radical (unpaired) electrons. The zero-order chi connectivity index (χ0) is 19.2. The summed E-state index contributed by atoms with van der Waals surface area (Å²) >= 11 is 0. The Hall–Kier alpha value is -2.11. The van der Waals surface area contributed by atoms with Crippen molar-refractivity contribution in [1.82, 2.24) is 9.88 Å². The number of aromatic nitrogens is 1. The Kier molecular flexibility index (Phi) is 6.69. The summed E-state index contributed by atoms with van der Waals surface area (Å²) in [5.74, 6) is -0.114. The second kappa shape index (κ2) is 9.20. The summed E-state index contributed by atoms with van der Waals surface area (Å²) in [6, 6.07) is 10.1. The Labute approximate surface area is 161 Å². The molecule has 5 heteroatoms. The van der Waals surface area contributed by atoms with Crippen LogP contribution in [0.25, 0.3) is 5.69 Å². The van der Waals surface area contributed by atoms with Crippen molar-refractivity contribution >= 4 is 5.91 Å². The topological polar surface area (TPSA) is 52.5 Å². The minimum absolute atomic E-state index is 0.114. The van der Waals surface area contributed by atoms with Crippen LogP contribution in [-0.2, 0) is 22.3 Å². The van der Waals surface area contributed by atoms with Gasteiger partial charge in [0.2, 0.25) is 0 Å². The van der Waals surface area contributed by atoms with E-state index in [9.17, 15) is 4.79 Å². The van der Waals surface area contributed by atoms with Gasteiger partial charge in [-0.1, -0.05) is 0 Å². The van der Waals surface area contributed by atoms with Gasteiger partial charge >= 0.3 is 0 Å². The molecule has 27 heavy (non-hydrogen) atoms. The maximum Gasteiger partial charge on any atom is 0.251 e. The maximum atomic E-state index is 12.4. The summed E-state index contributed by atoms with van der Waals surface area (Å²) in [6.45, 7) is 7.42. The predicted octanol–water partition coefficient (Wildman–Crippen LogP) is 3.79. The maximum absolute atomic E-state index is 12.4. The molecule has 146 valence electrons. The highest BCUT2D eigenvalue weighted by molar-refractivity contribution is 5.94. The minimum atomic E-state index is -0.405. The van der Waals surface area contributed by atoms with Crippen LogP contribution in [-0.4, -0.2) is 36.5 Å². The van der Waals surface area contributed by atoms with Gasteiger partial charge in [-0.2, -0.15) is 0 Å². The van der Waals surface area contributed by atoms with Gasteiger partial charge in [-0.15, -0.1) is 0 Å². The zero-order valence-electron chi connectivity index (χ0n) is 16.6. The molecule has 1 aliphatic carbocycles. The second-order valence-corrected chi connectivity index (χ2v) is 6.90. The highest BCUT2D eigenvalue weighted by atomic mass is 16.7. The van der Waals surface area contributed by atoms with E-state index in [1.165, 1.54) is 36.2 Å². The van der Waals surface area contributed by atoms with E-state index in [1.807, 2.05) is 38.1 Å². The van der Waals surface area contributed by atoms with Crippen LogP contribution in [0.2, 0.25) is 0 Å². The molecule has 0 spiro atoms. The molecule has 0 bridgehead atoms. The fourth-order valence-electron chi connectivity index (χ4n) is 3.79. The van der Waals surface area contributed by atoms with Gasteiger partial charge < -0.3 is 19.4 Å². The van der Waals surface area contributed by atoms with E-state index >= 15 is 0 Å². The predicted molar refractivity (Wildman–Crippen MR) is 107 cm³/mol. The monoisotopic (exact) mass is 370 g/mol. The van der Waals surface area contributed by atoms with Crippen LogP contribution >= 0.6 is 0 Å². The van der Waals surface area contributed by atoms with Crippen LogP contribution in [0, 0.1) is 6.92 Å². The molecule has 0 atom stereocenters. The molecule has 1 N–H and O–H groups in total. The average Bonchev–Trinajstić information content (AvgIpc) is 3.02. The number of hydrogen-bond acceptors (Lipinski definition) is 3. The lowest BCUT2D eigenvalue weighted by Crippen LogP contribution is -2.35. The molecule has 1 aromatic carbocycles. The standard InChI is InChI=1S/C22H30N2O3/c1-4-26-21(27-5-2)15-23-22(25)17-10-12-19(13-11-17)24-16(3)14-18-8-6-7-9-20(18)24/h10-14,21H,4-9,15H2,1-3H3,(H,23,25). The number of benzene rings is 1. The van der Waals surface area contributed by atoms with Crippen molar-refractivity contribution in [2.24, 2.45) is 0 Å². The molecule has 1 amide bonds. The van der Waals surface area contributed by atoms with Crippen molar-refractivity contribution < 1.29 is 14.3 Å². The molecule has 0 saturated carbocycles. The molecule has 0 unspecified atom stereocenters. The summed E-state index contributed by atoms with van der Waals surface area (Å²) < 4.78 is 13.3. The first-order chi connectivity index (χ1) is 13.1. The first kappa shape index (κ1) is 19.6. The van der Waals surface area contributed by atoms with Crippen LogP contribution in [0.1, 0.15) is 54.0 Å². The Bertz CT molecular complexity index is 759. The van der Waals surface area contributed by atoms with Crippen LogP contribution in [0.15, 0.2) is 30.3 Å². The minimum Gasteiger partial charge on any atom is -0.351 e. The highest BCUT2D eigenvalue weighted by Crippen LogP contribution is 2.28. The first-order valence-electron chi connectivity index (χ1n) is 9.96. The smallest absolute Gasteiger partial charge is 0.251 e. The Morgan fingerprint density at radius 1 is 1.11 bits per heavy atom. The quantitative estimate of drug-likeness (QED) is 0.719. The van der Waals surface area contributed by atoms with Crippen LogP contribution < -0.4 is 5.32 Å². The molecule has 0 fully saturated rings. The van der Waals surface area contributed by atoms with Crippen molar-refractivity contribution in [3.63, 3.8) is 0 Å². The Morgan fingerprint density at radius 2 is 1.78 bits per heavy atom. The first-order valence-corrected chi connectivity index (χ1v) is 9.96. The van der Waals surface area contributed by atoms with Gasteiger partial charge in [-0.05, 0) is 82.3 Å². The summed E-state index contributed by atoms with van der Waals surface area (Å²) in [6.07, 6.45) is 4.42. The molecule has 1 aliphatic rings. The van der Waals surface area contributed by atoms with Gasteiger partial charge in [-0.25, -0.2) is 0 Å². The fraction of sp³-hybridized carbons (Fsp3) is 0.500. The zero-order valence-corrected chi connectivity index (χ0v) is 16.6. The highest BCUT2D eigenvalue weighted by Gasteiger charge is 2.18. The van der Waals surface area contributed by atoms with Crippen LogP contribution in [0.3, 0.4) is 0 Å². The largest absolute Gasteiger partial charge is 0.351 e. The molecule has 0 aliphatic heterocycles. The fourth-order valence-corrected chi connectivity index (χ4v) is 3.79. The number of rotatable bonds is 8. The lowest BCUT2D eigenvalue weighted by atomic mass is 9.98. The number of fused-ring (bicyclic) bond motifs is 1. The lowest BCUT2D eigenvalue weighted by Gasteiger charge is -2.18. The number of carbonyl (C=O) groups is 1. The normalized spacial score (nSPS) is 13.6. The number of nitrogens with one attached hydrogen (secondary N) is 1. The van der Waals surface area contributed by atoms with Gasteiger partial charge in [0, 0.05) is 35.9 Å². The number of ether oxygens (including phenoxy) is 2. The SMILES string of the molecule is CCOC(CNC(=O)c1ccc(-n2c(C)cc3c2CCCC3)cc1)OCC. The van der Waals surface area contributed by atoms with E-state index in [0.29, 0.717) is 25.3 Å². The number of hydrogen-bond donors (Lipinski definition) is 1. The van der Waals surface area contributed by atoms with Crippen molar-refractivity contribution in [3.8, 4) is 5.69 Å². The van der Waals surface area contributed by atoms with Crippen molar-refractivity contribution in [1.29, 1.82) is 0 Å². The molecule has 3 rings (SSSR count). The van der Waals surface area contributed by atoms with E-state index in [-0.39, 0.29) is 5.91 Å². The summed E-state index contributed by atoms with van der Waals surface area (Å²) in [4.78, 5) is 12.4. The van der Waals surface area contributed by atoms with E-state index in [4.69, 9.17) is 9.47 Å². The second-order valence-electron chi connectivity index (χ2n) is 6.90. The molecule has 0 saturated heterocycles. The van der Waals surface area contributed by atoms with Gasteiger partial charge in [0.1, 0.15) is 0 Å². The molecule has 1 aromatic heterocycles. The summed E-state index contributed by atoms with van der Waals surface area (Å²) in [7, 11) is 0. The number of carbonyl (C=O) groups excluding carboxylic acids is 1. The third-order valence-electron chi connectivity index (χ3n) is 5.01. The van der Waals surface area contributed by atoms with Crippen LogP contribution in [0.4, 0.5) is 0 Å². The summed E-state index contributed by atoms with van der Waals surface area (Å²) in [5.41, 5.74) is 5.92. The molecule has 5 nitrogen and oxygen atoms in total. The molecular formula is C22H30N2O3. The number of amides is 1. The van der Waals surface area contributed by atoms with E-state index < -0.39 is 6.29 Å². The van der Waals surface area contributed by atoms with Crippen molar-refractivity contribution in [3.05, 3.63) is 52.8 Å². The van der Waals surface area contributed by atoms with Crippen molar-refractivity contribution in [2.45, 2.75) is 52.7 Å². The van der Waals surface area contributed by atoms with Gasteiger partial charge in [-0.3, -0.25) is 4.79 Å². The van der Waals surface area contributed by atoms with Gasteiger partial charge in [0.15, 0.2) is 6.29 Å². The number of nitrogens with zero attached hydrogens (tertiary/aromatic N) is 1. The van der Waals surface area contributed by atoms with Crippen LogP contribution in [0.5, 0.6) is 0 Å². The van der Waals surface area contributed by atoms with E-state index in [1.54, 1.807) is 0 Å².